The quantitative estimate of drug-likeness (QED) is 0.695. The predicted molar refractivity (Wildman–Crippen MR) is 61.0 cm³/mol. The van der Waals surface area contributed by atoms with Crippen LogP contribution >= 0.6 is 0 Å². The molecule has 1 spiro atoms. The van der Waals surface area contributed by atoms with Crippen LogP contribution in [0.4, 0.5) is 0 Å². The summed E-state index contributed by atoms with van der Waals surface area (Å²) < 4.78 is 28.8. The maximum Gasteiger partial charge on any atom is 0.186 e. The lowest BCUT2D eigenvalue weighted by Gasteiger charge is -2.32. The van der Waals surface area contributed by atoms with E-state index in [0.29, 0.717) is 6.61 Å². The minimum atomic E-state index is -0.332. The van der Waals surface area contributed by atoms with E-state index in [-0.39, 0.29) is 36.5 Å². The van der Waals surface area contributed by atoms with E-state index >= 15 is 0 Å². The van der Waals surface area contributed by atoms with E-state index in [9.17, 15) is 0 Å². The fourth-order valence-corrected chi connectivity index (χ4v) is 3.51. The normalized spacial score (nSPS) is 49.5. The molecule has 0 radical (unpaired) electrons. The number of hydrogen-bond donors (Lipinski definition) is 0. The number of rotatable bonds is 2. The summed E-state index contributed by atoms with van der Waals surface area (Å²) in [6.45, 7) is 0.619. The zero-order chi connectivity index (χ0) is 12.2. The van der Waals surface area contributed by atoms with Crippen molar-refractivity contribution in [3.63, 3.8) is 0 Å². The van der Waals surface area contributed by atoms with Crippen molar-refractivity contribution in [1.82, 2.24) is 0 Å². The molecule has 102 valence electrons. The highest BCUT2D eigenvalue weighted by Crippen LogP contribution is 2.46. The zero-order valence-corrected chi connectivity index (χ0v) is 10.7. The van der Waals surface area contributed by atoms with Crippen molar-refractivity contribution in [2.75, 3.05) is 13.7 Å². The van der Waals surface area contributed by atoms with Gasteiger partial charge >= 0.3 is 0 Å². The van der Waals surface area contributed by atoms with Gasteiger partial charge in [0.2, 0.25) is 0 Å². The first kappa shape index (κ1) is 11.6. The van der Waals surface area contributed by atoms with Crippen molar-refractivity contribution in [3.05, 3.63) is 0 Å². The van der Waals surface area contributed by atoms with Gasteiger partial charge in [0.1, 0.15) is 24.4 Å². The molecule has 1 aliphatic carbocycles. The molecule has 4 rings (SSSR count). The molecule has 3 aliphatic heterocycles. The number of fused-ring (bicyclic) bond motifs is 1. The van der Waals surface area contributed by atoms with Gasteiger partial charge in [0.15, 0.2) is 12.1 Å². The molecule has 3 saturated heterocycles. The molecule has 18 heavy (non-hydrogen) atoms. The molecule has 0 bridgehead atoms. The average molecular weight is 256 g/mol. The second-order valence-corrected chi connectivity index (χ2v) is 5.71. The van der Waals surface area contributed by atoms with Crippen molar-refractivity contribution in [2.24, 2.45) is 0 Å². The first-order chi connectivity index (χ1) is 8.81. The molecule has 4 fully saturated rings. The van der Waals surface area contributed by atoms with E-state index in [0.717, 1.165) is 12.8 Å². The Kier molecular flexibility index (Phi) is 2.68. The van der Waals surface area contributed by atoms with Crippen LogP contribution in [-0.4, -0.2) is 50.2 Å². The number of hydrogen-bond acceptors (Lipinski definition) is 5. The first-order valence-electron chi connectivity index (χ1n) is 6.97. The van der Waals surface area contributed by atoms with Crippen LogP contribution in [0.15, 0.2) is 0 Å². The summed E-state index contributed by atoms with van der Waals surface area (Å²) in [5.41, 5.74) is 0. The van der Waals surface area contributed by atoms with Crippen molar-refractivity contribution < 1.29 is 23.7 Å². The van der Waals surface area contributed by atoms with E-state index < -0.39 is 0 Å². The number of epoxide rings is 1. The Bertz CT molecular complexity index is 327. The van der Waals surface area contributed by atoms with Crippen LogP contribution in [0, 0.1) is 0 Å². The highest BCUT2D eigenvalue weighted by molar-refractivity contribution is 5.04. The van der Waals surface area contributed by atoms with Crippen LogP contribution in [-0.2, 0) is 23.7 Å². The SMILES string of the molecule is CO[C@H]1O[C@H]([C@H]2COC3(CCCCC3)O2)[C@@H]2O[C@H]12. The third-order valence-electron chi connectivity index (χ3n) is 4.54. The minimum absolute atomic E-state index is 0.00162. The molecule has 5 nitrogen and oxygen atoms in total. The highest BCUT2D eigenvalue weighted by atomic mass is 16.8. The lowest BCUT2D eigenvalue weighted by molar-refractivity contribution is -0.218. The van der Waals surface area contributed by atoms with E-state index in [1.807, 2.05) is 0 Å². The Balaban J connectivity index is 1.42. The molecule has 0 N–H and O–H groups in total. The van der Waals surface area contributed by atoms with Crippen LogP contribution in [0.3, 0.4) is 0 Å². The van der Waals surface area contributed by atoms with Gasteiger partial charge in [0, 0.05) is 20.0 Å². The van der Waals surface area contributed by atoms with E-state index in [1.54, 1.807) is 7.11 Å². The minimum Gasteiger partial charge on any atom is -0.361 e. The summed E-state index contributed by atoms with van der Waals surface area (Å²) in [5.74, 6) is -0.332. The van der Waals surface area contributed by atoms with E-state index in [4.69, 9.17) is 23.7 Å². The Morgan fingerprint density at radius 1 is 1.00 bits per heavy atom. The molecule has 4 aliphatic rings. The topological polar surface area (TPSA) is 49.5 Å². The summed E-state index contributed by atoms with van der Waals surface area (Å²) >= 11 is 0. The van der Waals surface area contributed by atoms with Gasteiger partial charge in [-0.3, -0.25) is 0 Å². The molecule has 0 amide bonds. The van der Waals surface area contributed by atoms with E-state index in [2.05, 4.69) is 0 Å². The van der Waals surface area contributed by atoms with Crippen molar-refractivity contribution in [3.8, 4) is 0 Å². The van der Waals surface area contributed by atoms with Gasteiger partial charge in [0.05, 0.1) is 6.61 Å². The molecule has 1 saturated carbocycles. The predicted octanol–water partition coefficient (Wildman–Crippen LogP) is 1.20. The zero-order valence-electron chi connectivity index (χ0n) is 10.7. The Labute approximate surface area is 107 Å². The van der Waals surface area contributed by atoms with Gasteiger partial charge in [-0.05, 0) is 12.8 Å². The monoisotopic (exact) mass is 256 g/mol. The maximum absolute atomic E-state index is 6.18. The third kappa shape index (κ3) is 1.72. The second kappa shape index (κ2) is 4.15. The van der Waals surface area contributed by atoms with Crippen LogP contribution in [0.1, 0.15) is 32.1 Å². The summed E-state index contributed by atoms with van der Waals surface area (Å²) in [6, 6.07) is 0. The molecule has 3 heterocycles. The van der Waals surface area contributed by atoms with E-state index in [1.165, 1.54) is 19.3 Å². The standard InChI is InChI=1S/C13H20O5/c1-14-12-11-10(16-11)9(17-12)8-7-15-13(18-8)5-3-2-4-6-13/h8-12H,2-7H2,1H3/t8-,9-,10+,11+,12+/m1/s1. The molecule has 0 aromatic heterocycles. The molecule has 5 heteroatoms. The van der Waals surface area contributed by atoms with Crippen molar-refractivity contribution >= 4 is 0 Å². The Morgan fingerprint density at radius 2 is 1.83 bits per heavy atom. The average Bonchev–Trinajstić information content (AvgIpc) is 2.96. The lowest BCUT2D eigenvalue weighted by Crippen LogP contribution is -2.38. The fourth-order valence-electron chi connectivity index (χ4n) is 3.51. The van der Waals surface area contributed by atoms with Gasteiger partial charge < -0.3 is 23.7 Å². The van der Waals surface area contributed by atoms with Crippen LogP contribution < -0.4 is 0 Å². The number of ether oxygens (including phenoxy) is 5. The Morgan fingerprint density at radius 3 is 2.56 bits per heavy atom. The summed E-state index contributed by atoms with van der Waals surface area (Å²) in [5, 5.41) is 0. The van der Waals surface area contributed by atoms with Gasteiger partial charge in [-0.2, -0.15) is 0 Å². The number of methoxy groups -OCH3 is 1. The maximum atomic E-state index is 6.18. The van der Waals surface area contributed by atoms with Gasteiger partial charge in [-0.15, -0.1) is 0 Å². The molecule has 5 atom stereocenters. The van der Waals surface area contributed by atoms with Crippen LogP contribution in [0.5, 0.6) is 0 Å². The lowest BCUT2D eigenvalue weighted by atomic mass is 9.94. The molecular weight excluding hydrogens is 236 g/mol. The fraction of sp³-hybridized carbons (Fsp3) is 1.00. The van der Waals surface area contributed by atoms with Crippen molar-refractivity contribution in [2.45, 2.75) is 68.6 Å². The smallest absolute Gasteiger partial charge is 0.186 e. The molecule has 0 aromatic carbocycles. The second-order valence-electron chi connectivity index (χ2n) is 5.71. The van der Waals surface area contributed by atoms with Crippen LogP contribution in [0.2, 0.25) is 0 Å². The summed E-state index contributed by atoms with van der Waals surface area (Å²) in [7, 11) is 1.65. The largest absolute Gasteiger partial charge is 0.361 e. The Hall–Kier alpha value is -0.200. The molecule has 0 aromatic rings. The van der Waals surface area contributed by atoms with Gasteiger partial charge in [-0.1, -0.05) is 6.42 Å². The van der Waals surface area contributed by atoms with Crippen molar-refractivity contribution in [1.29, 1.82) is 0 Å². The van der Waals surface area contributed by atoms with Gasteiger partial charge in [0.25, 0.3) is 0 Å². The molecular formula is C13H20O5. The van der Waals surface area contributed by atoms with Crippen LogP contribution in [0.25, 0.3) is 0 Å². The highest BCUT2D eigenvalue weighted by Gasteiger charge is 2.62. The first-order valence-corrected chi connectivity index (χ1v) is 6.97. The summed E-state index contributed by atoms with van der Waals surface area (Å²) in [4.78, 5) is 0. The van der Waals surface area contributed by atoms with Gasteiger partial charge in [-0.25, -0.2) is 0 Å². The summed E-state index contributed by atoms with van der Waals surface area (Å²) in [6.07, 6.45) is 5.69. The molecule has 0 unspecified atom stereocenters. The third-order valence-corrected chi connectivity index (χ3v) is 4.54.